The number of halogens is 4. The molecule has 25 heavy (non-hydrogen) atoms. The Kier molecular flexibility index (Phi) is 4.67. The van der Waals surface area contributed by atoms with Crippen molar-refractivity contribution in [2.45, 2.75) is 44.7 Å². The second-order valence-corrected chi connectivity index (χ2v) is 6.51. The van der Waals surface area contributed by atoms with E-state index in [1.54, 1.807) is 6.92 Å². The molecule has 134 valence electrons. The first-order chi connectivity index (χ1) is 11.8. The molecule has 0 spiro atoms. The highest BCUT2D eigenvalue weighted by atomic mass is 19.4. The highest BCUT2D eigenvalue weighted by Crippen LogP contribution is 2.43. The Balaban J connectivity index is 2.06. The van der Waals surface area contributed by atoms with E-state index in [9.17, 15) is 22.4 Å². The van der Waals surface area contributed by atoms with Gasteiger partial charge >= 0.3 is 6.18 Å². The van der Waals surface area contributed by atoms with Crippen LogP contribution in [-0.4, -0.2) is 15.7 Å². The van der Waals surface area contributed by atoms with Gasteiger partial charge in [-0.3, -0.25) is 9.36 Å². The molecule has 1 aromatic heterocycles. The fourth-order valence-corrected chi connectivity index (χ4v) is 3.46. The molecule has 0 unspecified atom stereocenters. The summed E-state index contributed by atoms with van der Waals surface area (Å²) in [6.45, 7) is 1.64. The molecule has 1 aliphatic carbocycles. The van der Waals surface area contributed by atoms with E-state index in [0.29, 0.717) is 30.0 Å². The normalized spacial score (nSPS) is 21.3. The highest BCUT2D eigenvalue weighted by Gasteiger charge is 2.43. The van der Waals surface area contributed by atoms with Gasteiger partial charge in [0.15, 0.2) is 0 Å². The average molecular weight is 354 g/mol. The maximum absolute atomic E-state index is 13.2. The van der Waals surface area contributed by atoms with Crippen LogP contribution >= 0.6 is 0 Å². The van der Waals surface area contributed by atoms with Gasteiger partial charge < -0.3 is 0 Å². The van der Waals surface area contributed by atoms with E-state index in [0.717, 1.165) is 0 Å². The lowest BCUT2D eigenvalue weighted by atomic mass is 9.80. The van der Waals surface area contributed by atoms with E-state index in [1.807, 2.05) is 0 Å². The van der Waals surface area contributed by atoms with Gasteiger partial charge in [0.05, 0.1) is 11.6 Å². The zero-order valence-electron chi connectivity index (χ0n) is 13.7. The zero-order chi connectivity index (χ0) is 18.2. The third-order valence-electron chi connectivity index (χ3n) is 4.66. The summed E-state index contributed by atoms with van der Waals surface area (Å²) in [6.07, 6.45) is -3.25. The number of aryl methyl sites for hydroxylation is 1. The highest BCUT2D eigenvalue weighted by molar-refractivity contribution is 5.34. The summed E-state index contributed by atoms with van der Waals surface area (Å²) in [6, 6.07) is 6.62. The fraction of sp³-hybridized carbons (Fsp3) is 0.444. The first kappa shape index (κ1) is 17.6. The summed E-state index contributed by atoms with van der Waals surface area (Å²) in [5.41, 5.74) is 0.499. The molecule has 1 heterocycles. The van der Waals surface area contributed by atoms with Gasteiger partial charge in [-0.2, -0.15) is 13.2 Å². The molecule has 3 nitrogen and oxygen atoms in total. The molecule has 3 rings (SSSR count). The van der Waals surface area contributed by atoms with Gasteiger partial charge in [0, 0.05) is 17.7 Å². The van der Waals surface area contributed by atoms with Crippen molar-refractivity contribution in [2.75, 3.05) is 0 Å². The Bertz CT molecular complexity index is 811. The van der Waals surface area contributed by atoms with Crippen LogP contribution in [0.4, 0.5) is 17.6 Å². The summed E-state index contributed by atoms with van der Waals surface area (Å²) < 4.78 is 53.9. The number of nitrogens with zero attached hydrogens (tertiary/aromatic N) is 2. The fourth-order valence-electron chi connectivity index (χ4n) is 3.46. The first-order valence-corrected chi connectivity index (χ1v) is 8.19. The van der Waals surface area contributed by atoms with Crippen molar-refractivity contribution in [3.8, 4) is 5.69 Å². The van der Waals surface area contributed by atoms with E-state index >= 15 is 0 Å². The summed E-state index contributed by atoms with van der Waals surface area (Å²) in [5, 5.41) is 0. The summed E-state index contributed by atoms with van der Waals surface area (Å²) >= 11 is 0. The van der Waals surface area contributed by atoms with E-state index < -0.39 is 23.8 Å². The summed E-state index contributed by atoms with van der Waals surface area (Å²) in [4.78, 5) is 16.8. The number of hydrogen-bond acceptors (Lipinski definition) is 2. The van der Waals surface area contributed by atoms with Crippen LogP contribution in [0.3, 0.4) is 0 Å². The van der Waals surface area contributed by atoms with Crippen LogP contribution in [0.15, 0.2) is 35.1 Å². The smallest absolute Gasteiger partial charge is 0.269 e. The van der Waals surface area contributed by atoms with Crippen LogP contribution in [0.1, 0.15) is 43.1 Å². The molecule has 0 saturated heterocycles. The topological polar surface area (TPSA) is 34.9 Å². The maximum Gasteiger partial charge on any atom is 0.391 e. The molecular formula is C18H18F4N2O. The Hall–Kier alpha value is -2.18. The Labute approximate surface area is 142 Å². The predicted octanol–water partition coefficient (Wildman–Crippen LogP) is 4.52. The number of benzene rings is 1. The van der Waals surface area contributed by atoms with E-state index in [4.69, 9.17) is 0 Å². The van der Waals surface area contributed by atoms with Gasteiger partial charge in [-0.05, 0) is 50.5 Å². The van der Waals surface area contributed by atoms with Gasteiger partial charge in [0.25, 0.3) is 5.56 Å². The molecule has 2 aromatic rings. The summed E-state index contributed by atoms with van der Waals surface area (Å²) in [7, 11) is 0. The minimum atomic E-state index is -4.25. The van der Waals surface area contributed by atoms with Gasteiger partial charge in [0.1, 0.15) is 11.6 Å². The Morgan fingerprint density at radius 3 is 2.48 bits per heavy atom. The molecule has 0 radical (unpaired) electrons. The third-order valence-corrected chi connectivity index (χ3v) is 4.66. The van der Waals surface area contributed by atoms with Crippen LogP contribution in [-0.2, 0) is 0 Å². The van der Waals surface area contributed by atoms with E-state index in [-0.39, 0.29) is 18.4 Å². The van der Waals surface area contributed by atoms with Crippen molar-refractivity contribution >= 4 is 0 Å². The Morgan fingerprint density at radius 2 is 1.84 bits per heavy atom. The molecule has 1 aliphatic rings. The molecule has 0 amide bonds. The number of rotatable bonds is 2. The quantitative estimate of drug-likeness (QED) is 0.744. The SMILES string of the molecule is Cc1cc(=O)n(-c2ccc(F)cc2)c([C@@H]2CCC[C@@H](C(F)(F)F)C2)n1. The average Bonchev–Trinajstić information content (AvgIpc) is 2.55. The maximum atomic E-state index is 13.2. The molecule has 1 fully saturated rings. The molecule has 1 saturated carbocycles. The lowest BCUT2D eigenvalue weighted by Gasteiger charge is -2.31. The lowest BCUT2D eigenvalue weighted by molar-refractivity contribution is -0.183. The van der Waals surface area contributed by atoms with Crippen molar-refractivity contribution in [1.82, 2.24) is 9.55 Å². The van der Waals surface area contributed by atoms with Crippen LogP contribution < -0.4 is 5.56 Å². The second-order valence-electron chi connectivity index (χ2n) is 6.51. The van der Waals surface area contributed by atoms with E-state index in [2.05, 4.69) is 4.98 Å². The van der Waals surface area contributed by atoms with Gasteiger partial charge in [-0.25, -0.2) is 9.37 Å². The minimum Gasteiger partial charge on any atom is -0.269 e. The lowest BCUT2D eigenvalue weighted by Crippen LogP contribution is -2.32. The monoisotopic (exact) mass is 354 g/mol. The van der Waals surface area contributed by atoms with E-state index in [1.165, 1.54) is 34.9 Å². The van der Waals surface area contributed by atoms with Crippen molar-refractivity contribution < 1.29 is 17.6 Å². The first-order valence-electron chi connectivity index (χ1n) is 8.19. The molecule has 0 N–H and O–H groups in total. The molecular weight excluding hydrogens is 336 g/mol. The number of alkyl halides is 3. The van der Waals surface area contributed by atoms with Crippen LogP contribution in [0, 0.1) is 18.7 Å². The number of hydrogen-bond donors (Lipinski definition) is 0. The van der Waals surface area contributed by atoms with Gasteiger partial charge in [-0.15, -0.1) is 0 Å². The van der Waals surface area contributed by atoms with Gasteiger partial charge in [0.2, 0.25) is 0 Å². The molecule has 0 bridgehead atoms. The van der Waals surface area contributed by atoms with Crippen molar-refractivity contribution in [3.63, 3.8) is 0 Å². The minimum absolute atomic E-state index is 0.0827. The second kappa shape index (κ2) is 6.61. The van der Waals surface area contributed by atoms with Gasteiger partial charge in [-0.1, -0.05) is 6.42 Å². The van der Waals surface area contributed by atoms with Crippen LogP contribution in [0.5, 0.6) is 0 Å². The third kappa shape index (κ3) is 3.75. The van der Waals surface area contributed by atoms with Crippen molar-refractivity contribution in [1.29, 1.82) is 0 Å². The van der Waals surface area contributed by atoms with Crippen LogP contribution in [0.2, 0.25) is 0 Å². The molecule has 1 aromatic carbocycles. The van der Waals surface area contributed by atoms with Crippen molar-refractivity contribution in [3.05, 3.63) is 58.0 Å². The largest absolute Gasteiger partial charge is 0.391 e. The Morgan fingerprint density at radius 1 is 1.16 bits per heavy atom. The number of aromatic nitrogens is 2. The van der Waals surface area contributed by atoms with Crippen molar-refractivity contribution in [2.24, 2.45) is 5.92 Å². The zero-order valence-corrected chi connectivity index (χ0v) is 13.7. The molecule has 2 atom stereocenters. The predicted molar refractivity (Wildman–Crippen MR) is 85.3 cm³/mol. The standard InChI is InChI=1S/C18H18F4N2O/c1-11-9-16(25)24(15-7-5-14(19)6-8-15)17(23-11)12-3-2-4-13(10-12)18(20,21)22/h5-9,12-13H,2-4,10H2,1H3/t12-,13-/m1/s1. The summed E-state index contributed by atoms with van der Waals surface area (Å²) in [5.74, 6) is -1.97. The van der Waals surface area contributed by atoms with Crippen LogP contribution in [0.25, 0.3) is 5.69 Å². The molecule has 7 heteroatoms. The molecule has 0 aliphatic heterocycles.